The number of ether oxygens (including phenoxy) is 1. The van der Waals surface area contributed by atoms with Crippen molar-refractivity contribution in [2.45, 2.75) is 27.2 Å². The lowest BCUT2D eigenvalue weighted by Gasteiger charge is -2.16. The fourth-order valence-corrected chi connectivity index (χ4v) is 2.80. The summed E-state index contributed by atoms with van der Waals surface area (Å²) in [5.41, 5.74) is 3.97. The zero-order valence-corrected chi connectivity index (χ0v) is 14.1. The molecule has 0 aliphatic rings. The van der Waals surface area contributed by atoms with E-state index in [0.29, 0.717) is 5.75 Å². The summed E-state index contributed by atoms with van der Waals surface area (Å²) >= 11 is 0. The molecular formula is C20H20N2O2. The van der Waals surface area contributed by atoms with Crippen LogP contribution in [-0.2, 0) is 11.2 Å². The van der Waals surface area contributed by atoms with Crippen LogP contribution in [0.2, 0.25) is 0 Å². The van der Waals surface area contributed by atoms with Crippen molar-refractivity contribution in [3.8, 4) is 22.6 Å². The number of benzene rings is 2. The topological polar surface area (TPSA) is 44.1 Å². The molecule has 4 heteroatoms. The molecule has 0 aliphatic carbocycles. The molecule has 0 aliphatic heterocycles. The SMILES string of the molecule is CCc1nccn1-c1cc(-c2ccccc2)cc(OC(C)=O)c1C. The first-order valence-corrected chi connectivity index (χ1v) is 8.01. The first-order valence-electron chi connectivity index (χ1n) is 8.01. The molecule has 0 bridgehead atoms. The van der Waals surface area contributed by atoms with Gasteiger partial charge in [0, 0.05) is 31.3 Å². The number of nitrogens with zero attached hydrogens (tertiary/aromatic N) is 2. The van der Waals surface area contributed by atoms with Gasteiger partial charge in [-0.25, -0.2) is 4.98 Å². The molecule has 1 aromatic heterocycles. The van der Waals surface area contributed by atoms with Gasteiger partial charge in [0.15, 0.2) is 0 Å². The van der Waals surface area contributed by atoms with Crippen LogP contribution in [0.3, 0.4) is 0 Å². The highest BCUT2D eigenvalue weighted by Gasteiger charge is 2.14. The van der Waals surface area contributed by atoms with Gasteiger partial charge in [0.2, 0.25) is 0 Å². The van der Waals surface area contributed by atoms with Crippen molar-refractivity contribution in [1.29, 1.82) is 0 Å². The maximum atomic E-state index is 11.5. The maximum absolute atomic E-state index is 11.5. The van der Waals surface area contributed by atoms with Gasteiger partial charge < -0.3 is 9.30 Å². The minimum atomic E-state index is -0.324. The number of imidazole rings is 1. The minimum absolute atomic E-state index is 0.324. The summed E-state index contributed by atoms with van der Waals surface area (Å²) in [5, 5.41) is 0. The van der Waals surface area contributed by atoms with Crippen LogP contribution in [0.1, 0.15) is 25.2 Å². The van der Waals surface area contributed by atoms with E-state index in [4.69, 9.17) is 4.74 Å². The van der Waals surface area contributed by atoms with E-state index in [-0.39, 0.29) is 5.97 Å². The second kappa shape index (κ2) is 6.71. The Labute approximate surface area is 141 Å². The first kappa shape index (κ1) is 16.0. The molecule has 1 heterocycles. The quantitative estimate of drug-likeness (QED) is 0.531. The van der Waals surface area contributed by atoms with E-state index < -0.39 is 0 Å². The predicted octanol–water partition coefficient (Wildman–Crippen LogP) is 4.34. The van der Waals surface area contributed by atoms with Crippen LogP contribution < -0.4 is 4.74 Å². The highest BCUT2D eigenvalue weighted by Crippen LogP contribution is 2.33. The molecule has 2 aromatic carbocycles. The largest absolute Gasteiger partial charge is 0.426 e. The standard InChI is InChI=1S/C20H20N2O2/c1-4-20-21-10-11-22(20)18-12-17(16-8-6-5-7-9-16)13-19(14(18)2)24-15(3)23/h5-13H,4H2,1-3H3. The second-order valence-corrected chi connectivity index (χ2v) is 5.65. The monoisotopic (exact) mass is 320 g/mol. The zero-order chi connectivity index (χ0) is 17.1. The maximum Gasteiger partial charge on any atom is 0.308 e. The molecule has 0 fully saturated rings. The summed E-state index contributed by atoms with van der Waals surface area (Å²) in [6.45, 7) is 5.45. The third kappa shape index (κ3) is 3.08. The van der Waals surface area contributed by atoms with Gasteiger partial charge in [0.05, 0.1) is 5.69 Å². The average Bonchev–Trinajstić information content (AvgIpc) is 3.05. The summed E-state index contributed by atoms with van der Waals surface area (Å²) in [6, 6.07) is 14.1. The third-order valence-electron chi connectivity index (χ3n) is 3.99. The number of hydrogen-bond donors (Lipinski definition) is 0. The molecule has 0 unspecified atom stereocenters. The Kier molecular flexibility index (Phi) is 4.47. The fourth-order valence-electron chi connectivity index (χ4n) is 2.80. The van der Waals surface area contributed by atoms with Gasteiger partial charge in [-0.3, -0.25) is 4.79 Å². The Bertz CT molecular complexity index is 867. The molecule has 0 amide bonds. The van der Waals surface area contributed by atoms with E-state index >= 15 is 0 Å². The van der Waals surface area contributed by atoms with E-state index in [1.54, 1.807) is 6.20 Å². The zero-order valence-electron chi connectivity index (χ0n) is 14.1. The van der Waals surface area contributed by atoms with Crippen LogP contribution in [0.4, 0.5) is 0 Å². The van der Waals surface area contributed by atoms with Crippen LogP contribution in [0.15, 0.2) is 54.9 Å². The van der Waals surface area contributed by atoms with Crippen molar-refractivity contribution in [2.75, 3.05) is 0 Å². The van der Waals surface area contributed by atoms with Crippen molar-refractivity contribution in [3.05, 3.63) is 66.2 Å². The number of hydrogen-bond acceptors (Lipinski definition) is 3. The molecule has 4 nitrogen and oxygen atoms in total. The molecule has 0 saturated carbocycles. The number of rotatable bonds is 4. The van der Waals surface area contributed by atoms with Crippen LogP contribution in [0.5, 0.6) is 5.75 Å². The highest BCUT2D eigenvalue weighted by molar-refractivity contribution is 5.75. The van der Waals surface area contributed by atoms with Crippen molar-refractivity contribution in [3.63, 3.8) is 0 Å². The number of aromatic nitrogens is 2. The molecule has 3 aromatic rings. The van der Waals surface area contributed by atoms with E-state index in [2.05, 4.69) is 22.5 Å². The molecule has 24 heavy (non-hydrogen) atoms. The van der Waals surface area contributed by atoms with Gasteiger partial charge in [-0.05, 0) is 30.2 Å². The van der Waals surface area contributed by atoms with Crippen LogP contribution in [0, 0.1) is 6.92 Å². The Hall–Kier alpha value is -2.88. The van der Waals surface area contributed by atoms with Gasteiger partial charge in [0.25, 0.3) is 0 Å². The van der Waals surface area contributed by atoms with Crippen LogP contribution in [0.25, 0.3) is 16.8 Å². The fraction of sp³-hybridized carbons (Fsp3) is 0.200. The van der Waals surface area contributed by atoms with E-state index in [9.17, 15) is 4.79 Å². The number of aryl methyl sites for hydroxylation is 1. The normalized spacial score (nSPS) is 10.6. The molecule has 0 spiro atoms. The lowest BCUT2D eigenvalue weighted by molar-refractivity contribution is -0.131. The average molecular weight is 320 g/mol. The van der Waals surface area contributed by atoms with Crippen molar-refractivity contribution in [2.24, 2.45) is 0 Å². The summed E-state index contributed by atoms with van der Waals surface area (Å²) in [6.07, 6.45) is 4.55. The lowest BCUT2D eigenvalue weighted by Crippen LogP contribution is -2.07. The molecule has 0 radical (unpaired) electrons. The van der Waals surface area contributed by atoms with Gasteiger partial charge in [-0.15, -0.1) is 0 Å². The number of carbonyl (C=O) groups is 1. The summed E-state index contributed by atoms with van der Waals surface area (Å²) in [7, 11) is 0. The van der Waals surface area contributed by atoms with Crippen LogP contribution in [-0.4, -0.2) is 15.5 Å². The van der Waals surface area contributed by atoms with E-state index in [0.717, 1.165) is 34.6 Å². The van der Waals surface area contributed by atoms with Gasteiger partial charge in [0.1, 0.15) is 11.6 Å². The van der Waals surface area contributed by atoms with Crippen molar-refractivity contribution in [1.82, 2.24) is 9.55 Å². The Balaban J connectivity index is 2.22. The van der Waals surface area contributed by atoms with Crippen molar-refractivity contribution < 1.29 is 9.53 Å². The van der Waals surface area contributed by atoms with Crippen molar-refractivity contribution >= 4 is 5.97 Å². The Morgan fingerprint density at radius 3 is 2.58 bits per heavy atom. The molecule has 3 rings (SSSR count). The summed E-state index contributed by atoms with van der Waals surface area (Å²) < 4.78 is 7.50. The van der Waals surface area contributed by atoms with Gasteiger partial charge in [-0.1, -0.05) is 37.3 Å². The van der Waals surface area contributed by atoms with Crippen LogP contribution >= 0.6 is 0 Å². The predicted molar refractivity (Wildman–Crippen MR) is 94.4 cm³/mol. The third-order valence-corrected chi connectivity index (χ3v) is 3.99. The highest BCUT2D eigenvalue weighted by atomic mass is 16.5. The lowest BCUT2D eigenvalue weighted by atomic mass is 10.0. The minimum Gasteiger partial charge on any atom is -0.426 e. The molecular weight excluding hydrogens is 300 g/mol. The molecule has 122 valence electrons. The van der Waals surface area contributed by atoms with Gasteiger partial charge in [-0.2, -0.15) is 0 Å². The molecule has 0 saturated heterocycles. The van der Waals surface area contributed by atoms with E-state index in [1.807, 2.05) is 49.5 Å². The number of carbonyl (C=O) groups excluding carboxylic acids is 1. The Morgan fingerprint density at radius 1 is 1.17 bits per heavy atom. The summed E-state index contributed by atoms with van der Waals surface area (Å²) in [4.78, 5) is 15.9. The second-order valence-electron chi connectivity index (χ2n) is 5.65. The van der Waals surface area contributed by atoms with Gasteiger partial charge >= 0.3 is 5.97 Å². The molecule has 0 N–H and O–H groups in total. The summed E-state index contributed by atoms with van der Waals surface area (Å²) in [5.74, 6) is 1.22. The Morgan fingerprint density at radius 2 is 1.92 bits per heavy atom. The number of esters is 1. The molecule has 0 atom stereocenters. The van der Waals surface area contributed by atoms with E-state index in [1.165, 1.54) is 6.92 Å². The smallest absolute Gasteiger partial charge is 0.308 e. The first-order chi connectivity index (χ1) is 11.6.